The highest BCUT2D eigenvalue weighted by molar-refractivity contribution is 6.10. The van der Waals surface area contributed by atoms with Crippen LogP contribution in [0.15, 0.2) is 72.8 Å². The highest BCUT2D eigenvalue weighted by atomic mass is 19.1. The van der Waals surface area contributed by atoms with Crippen LogP contribution in [-0.4, -0.2) is 30.8 Å². The number of esters is 1. The van der Waals surface area contributed by atoms with Gasteiger partial charge in [-0.25, -0.2) is 18.0 Å². The lowest BCUT2D eigenvalue weighted by atomic mass is 10.2. The Morgan fingerprint density at radius 1 is 0.909 bits per heavy atom. The van der Waals surface area contributed by atoms with Crippen molar-refractivity contribution >= 4 is 28.9 Å². The fourth-order valence-corrected chi connectivity index (χ4v) is 3.76. The van der Waals surface area contributed by atoms with Crippen molar-refractivity contribution in [1.82, 2.24) is 0 Å². The standard InChI is InChI=1S/C24H20F3N3O3/c1-2-33-24(32)22-29(19-10-4-7-16(26)13-19)21(28-18-9-3-6-15(25)12-18)23(31)30(22)20-11-5-8-17(27)14-20/h3-14,21-22,28H,2H2,1H3. The van der Waals surface area contributed by atoms with Gasteiger partial charge in [-0.1, -0.05) is 18.2 Å². The van der Waals surface area contributed by atoms with E-state index in [1.807, 2.05) is 0 Å². The van der Waals surface area contributed by atoms with Crippen molar-refractivity contribution in [3.8, 4) is 0 Å². The van der Waals surface area contributed by atoms with Crippen molar-refractivity contribution in [1.29, 1.82) is 0 Å². The second kappa shape index (κ2) is 9.23. The first-order valence-electron chi connectivity index (χ1n) is 10.2. The van der Waals surface area contributed by atoms with E-state index < -0.39 is 41.7 Å². The first-order valence-corrected chi connectivity index (χ1v) is 10.2. The average Bonchev–Trinajstić information content (AvgIpc) is 3.06. The van der Waals surface area contributed by atoms with Crippen LogP contribution in [0.25, 0.3) is 0 Å². The Labute approximate surface area is 188 Å². The van der Waals surface area contributed by atoms with Crippen LogP contribution < -0.4 is 15.1 Å². The Morgan fingerprint density at radius 2 is 1.48 bits per heavy atom. The minimum Gasteiger partial charge on any atom is -0.463 e. The molecule has 0 radical (unpaired) electrons. The summed E-state index contributed by atoms with van der Waals surface area (Å²) < 4.78 is 47.1. The summed E-state index contributed by atoms with van der Waals surface area (Å²) in [6.45, 7) is 1.63. The highest BCUT2D eigenvalue weighted by Crippen LogP contribution is 2.35. The first-order chi connectivity index (χ1) is 15.9. The van der Waals surface area contributed by atoms with E-state index in [0.717, 1.165) is 17.0 Å². The van der Waals surface area contributed by atoms with Crippen LogP contribution in [-0.2, 0) is 14.3 Å². The summed E-state index contributed by atoms with van der Waals surface area (Å²) in [6, 6.07) is 16.0. The van der Waals surface area contributed by atoms with E-state index in [2.05, 4.69) is 5.32 Å². The predicted octanol–water partition coefficient (Wildman–Crippen LogP) is 4.28. The zero-order valence-corrected chi connectivity index (χ0v) is 17.5. The second-order valence-corrected chi connectivity index (χ2v) is 7.26. The van der Waals surface area contributed by atoms with Gasteiger partial charge in [-0.15, -0.1) is 0 Å². The van der Waals surface area contributed by atoms with E-state index in [1.165, 1.54) is 59.5 Å². The summed E-state index contributed by atoms with van der Waals surface area (Å²) in [7, 11) is 0. The van der Waals surface area contributed by atoms with Crippen LogP contribution in [0.3, 0.4) is 0 Å². The third-order valence-corrected chi connectivity index (χ3v) is 5.08. The number of nitrogens with one attached hydrogen (secondary N) is 1. The van der Waals surface area contributed by atoms with Gasteiger partial charge in [0.15, 0.2) is 6.17 Å². The Hall–Kier alpha value is -4.01. The number of benzene rings is 3. The van der Waals surface area contributed by atoms with Crippen molar-refractivity contribution in [2.24, 2.45) is 0 Å². The lowest BCUT2D eigenvalue weighted by Gasteiger charge is -2.31. The molecule has 1 saturated heterocycles. The van der Waals surface area contributed by atoms with Crippen molar-refractivity contribution < 1.29 is 27.5 Å². The lowest BCUT2D eigenvalue weighted by molar-refractivity contribution is -0.144. The number of rotatable bonds is 6. The number of carbonyl (C=O) groups is 2. The monoisotopic (exact) mass is 455 g/mol. The molecule has 1 amide bonds. The normalized spacial score (nSPS) is 17.9. The first kappa shape index (κ1) is 22.2. The molecule has 6 nitrogen and oxygen atoms in total. The molecule has 1 fully saturated rings. The average molecular weight is 455 g/mol. The number of hydrogen-bond donors (Lipinski definition) is 1. The van der Waals surface area contributed by atoms with E-state index in [-0.39, 0.29) is 23.7 Å². The molecule has 0 spiro atoms. The molecule has 1 heterocycles. The van der Waals surface area contributed by atoms with E-state index in [1.54, 1.807) is 13.0 Å². The quantitative estimate of drug-likeness (QED) is 0.562. The van der Waals surface area contributed by atoms with Crippen molar-refractivity contribution in [2.45, 2.75) is 19.3 Å². The van der Waals surface area contributed by atoms with E-state index in [9.17, 15) is 22.8 Å². The van der Waals surface area contributed by atoms with Gasteiger partial charge in [0, 0.05) is 17.1 Å². The molecule has 3 aromatic rings. The Bertz CT molecular complexity index is 1190. The Kier molecular flexibility index (Phi) is 6.21. The van der Waals surface area contributed by atoms with Gasteiger partial charge in [0.1, 0.15) is 17.5 Å². The number of ether oxygens (including phenoxy) is 1. The SMILES string of the molecule is CCOC(=O)C1N(c2cccc(F)c2)C(=O)C(Nc2cccc(F)c2)N1c1cccc(F)c1. The molecule has 1 aliphatic heterocycles. The molecule has 170 valence electrons. The van der Waals surface area contributed by atoms with Gasteiger partial charge >= 0.3 is 5.97 Å². The Morgan fingerprint density at radius 3 is 2.09 bits per heavy atom. The summed E-state index contributed by atoms with van der Waals surface area (Å²) in [5, 5.41) is 2.91. The van der Waals surface area contributed by atoms with E-state index >= 15 is 0 Å². The second-order valence-electron chi connectivity index (χ2n) is 7.26. The number of nitrogens with zero attached hydrogens (tertiary/aromatic N) is 2. The molecule has 0 saturated carbocycles. The van der Waals surface area contributed by atoms with Crippen molar-refractivity contribution in [3.05, 3.63) is 90.2 Å². The molecule has 0 aliphatic carbocycles. The van der Waals surface area contributed by atoms with Crippen LogP contribution in [0.5, 0.6) is 0 Å². The number of halogens is 3. The highest BCUT2D eigenvalue weighted by Gasteiger charge is 2.51. The largest absolute Gasteiger partial charge is 0.463 e. The van der Waals surface area contributed by atoms with E-state index in [0.29, 0.717) is 0 Å². The minimum atomic E-state index is -1.37. The number of amides is 1. The fraction of sp³-hybridized carbons (Fsp3) is 0.167. The zero-order valence-electron chi connectivity index (χ0n) is 17.5. The van der Waals surface area contributed by atoms with Gasteiger partial charge in [0.05, 0.1) is 6.61 Å². The molecule has 3 aromatic carbocycles. The Balaban J connectivity index is 1.87. The van der Waals surface area contributed by atoms with Gasteiger partial charge in [-0.3, -0.25) is 9.69 Å². The molecule has 0 aromatic heterocycles. The maximum absolute atomic E-state index is 14.1. The van der Waals surface area contributed by atoms with Crippen molar-refractivity contribution in [2.75, 3.05) is 21.7 Å². The van der Waals surface area contributed by atoms with Crippen LogP contribution in [0.1, 0.15) is 6.92 Å². The third kappa shape index (κ3) is 4.48. The summed E-state index contributed by atoms with van der Waals surface area (Å²) in [6.07, 6.45) is -2.61. The molecule has 9 heteroatoms. The molecule has 4 rings (SSSR count). The van der Waals surface area contributed by atoms with Gasteiger partial charge in [0.2, 0.25) is 6.17 Å². The van der Waals surface area contributed by atoms with Crippen LogP contribution in [0.4, 0.5) is 30.2 Å². The number of carbonyl (C=O) groups excluding carboxylic acids is 2. The van der Waals surface area contributed by atoms with Gasteiger partial charge < -0.3 is 15.0 Å². The van der Waals surface area contributed by atoms with Gasteiger partial charge in [-0.2, -0.15) is 0 Å². The zero-order chi connectivity index (χ0) is 23.5. The molecule has 2 unspecified atom stereocenters. The molecule has 2 atom stereocenters. The number of anilines is 3. The molecule has 33 heavy (non-hydrogen) atoms. The third-order valence-electron chi connectivity index (χ3n) is 5.08. The van der Waals surface area contributed by atoms with Gasteiger partial charge in [-0.05, 0) is 61.5 Å². The summed E-state index contributed by atoms with van der Waals surface area (Å²) in [5.41, 5.74) is 0.579. The molecular weight excluding hydrogens is 435 g/mol. The topological polar surface area (TPSA) is 61.9 Å². The molecule has 1 N–H and O–H groups in total. The summed E-state index contributed by atoms with van der Waals surface area (Å²) in [4.78, 5) is 29.1. The molecule has 1 aliphatic rings. The molecule has 0 bridgehead atoms. The molecular formula is C24H20F3N3O3. The van der Waals surface area contributed by atoms with Crippen molar-refractivity contribution in [3.63, 3.8) is 0 Å². The predicted molar refractivity (Wildman–Crippen MR) is 117 cm³/mol. The smallest absolute Gasteiger partial charge is 0.350 e. The van der Waals surface area contributed by atoms with Gasteiger partial charge in [0.25, 0.3) is 5.91 Å². The fourth-order valence-electron chi connectivity index (χ4n) is 3.76. The van der Waals surface area contributed by atoms with Crippen LogP contribution in [0.2, 0.25) is 0 Å². The lowest BCUT2D eigenvalue weighted by Crippen LogP contribution is -2.49. The van der Waals surface area contributed by atoms with Crippen LogP contribution in [0, 0.1) is 17.5 Å². The maximum Gasteiger partial charge on any atom is 0.350 e. The van der Waals surface area contributed by atoms with Crippen LogP contribution >= 0.6 is 0 Å². The number of hydrogen-bond acceptors (Lipinski definition) is 5. The maximum atomic E-state index is 14.1. The minimum absolute atomic E-state index is 0.0273. The van der Waals surface area contributed by atoms with E-state index in [4.69, 9.17) is 4.74 Å². The summed E-state index contributed by atoms with van der Waals surface area (Å²) >= 11 is 0. The summed E-state index contributed by atoms with van der Waals surface area (Å²) in [5.74, 6) is -3.15.